The minimum atomic E-state index is -0.130. The molecule has 0 spiro atoms. The molecule has 0 aliphatic carbocycles. The van der Waals surface area contributed by atoms with E-state index in [0.29, 0.717) is 0 Å². The van der Waals surface area contributed by atoms with Crippen molar-refractivity contribution in [2.24, 2.45) is 0 Å². The van der Waals surface area contributed by atoms with Crippen LogP contribution in [0.2, 0.25) is 0 Å². The van der Waals surface area contributed by atoms with Gasteiger partial charge in [-0.25, -0.2) is 0 Å². The summed E-state index contributed by atoms with van der Waals surface area (Å²) in [6, 6.07) is 2.05. The highest BCUT2D eigenvalue weighted by Crippen LogP contribution is 2.33. The molecule has 0 bridgehead atoms. The molecule has 0 aromatic carbocycles. The van der Waals surface area contributed by atoms with Crippen molar-refractivity contribution in [3.05, 3.63) is 23.6 Å². The second-order valence-electron chi connectivity index (χ2n) is 4.12. The summed E-state index contributed by atoms with van der Waals surface area (Å²) in [6.45, 7) is 12.1. The monoisotopic (exact) mass is 196 g/mol. The fourth-order valence-corrected chi connectivity index (χ4v) is 1.96. The summed E-state index contributed by atoms with van der Waals surface area (Å²) in [4.78, 5) is 0. The van der Waals surface area contributed by atoms with E-state index in [1.165, 1.54) is 0 Å². The lowest BCUT2D eigenvalue weighted by molar-refractivity contribution is 0.136. The van der Waals surface area contributed by atoms with Crippen LogP contribution in [0.4, 0.5) is 0 Å². The van der Waals surface area contributed by atoms with E-state index >= 15 is 0 Å². The Morgan fingerprint density at radius 3 is 2.54 bits per heavy atom. The molecule has 0 radical (unpaired) electrons. The lowest BCUT2D eigenvalue weighted by Crippen LogP contribution is -2.22. The van der Waals surface area contributed by atoms with E-state index < -0.39 is 0 Å². The van der Waals surface area contributed by atoms with E-state index in [9.17, 15) is 0 Å². The lowest BCUT2D eigenvalue weighted by atomic mass is 10.1. The van der Waals surface area contributed by atoms with Gasteiger partial charge in [-0.3, -0.25) is 0 Å². The van der Waals surface area contributed by atoms with E-state index in [1.807, 2.05) is 18.4 Å². The van der Waals surface area contributed by atoms with Crippen molar-refractivity contribution in [2.75, 3.05) is 0 Å². The average Bonchev–Trinajstić information content (AvgIpc) is 2.31. The van der Waals surface area contributed by atoms with Gasteiger partial charge in [-0.1, -0.05) is 6.58 Å². The Balaban J connectivity index is 2.89. The maximum atomic E-state index is 5.79. The third kappa shape index (κ3) is 2.88. The Morgan fingerprint density at radius 1 is 1.46 bits per heavy atom. The third-order valence-electron chi connectivity index (χ3n) is 1.49. The minimum Gasteiger partial charge on any atom is -0.478 e. The SMILES string of the molecule is C=C(C)c1ccsc1OC(C)(C)C. The van der Waals surface area contributed by atoms with Crippen molar-refractivity contribution >= 4 is 16.9 Å². The number of ether oxygens (including phenoxy) is 1. The number of allylic oxidation sites excluding steroid dienone is 1. The van der Waals surface area contributed by atoms with Gasteiger partial charge in [0.2, 0.25) is 0 Å². The molecule has 1 nitrogen and oxygen atoms in total. The molecular formula is C11H16OS. The molecule has 1 aromatic rings. The molecule has 1 aromatic heterocycles. The highest BCUT2D eigenvalue weighted by molar-refractivity contribution is 7.12. The molecule has 0 aliphatic heterocycles. The van der Waals surface area contributed by atoms with Gasteiger partial charge in [0.1, 0.15) is 5.60 Å². The Hall–Kier alpha value is -0.760. The highest BCUT2D eigenvalue weighted by atomic mass is 32.1. The van der Waals surface area contributed by atoms with Crippen molar-refractivity contribution in [3.8, 4) is 5.06 Å². The van der Waals surface area contributed by atoms with Crippen molar-refractivity contribution < 1.29 is 4.74 Å². The van der Waals surface area contributed by atoms with E-state index in [0.717, 1.165) is 16.2 Å². The molecule has 0 saturated carbocycles. The van der Waals surface area contributed by atoms with Crippen LogP contribution >= 0.6 is 11.3 Å². The standard InChI is InChI=1S/C11H16OS/c1-8(2)9-6-7-13-10(9)12-11(3,4)5/h6-7H,1H2,2-5H3. The van der Waals surface area contributed by atoms with Gasteiger partial charge in [-0.15, -0.1) is 11.3 Å². The van der Waals surface area contributed by atoms with Crippen molar-refractivity contribution in [1.29, 1.82) is 0 Å². The normalized spacial score (nSPS) is 11.4. The summed E-state index contributed by atoms with van der Waals surface area (Å²) in [7, 11) is 0. The molecule has 0 N–H and O–H groups in total. The largest absolute Gasteiger partial charge is 0.478 e. The fraction of sp³-hybridized carbons (Fsp3) is 0.455. The van der Waals surface area contributed by atoms with Gasteiger partial charge in [0.05, 0.1) is 0 Å². The quantitative estimate of drug-likeness (QED) is 0.695. The van der Waals surface area contributed by atoms with Crippen LogP contribution in [0.15, 0.2) is 18.0 Å². The Kier molecular flexibility index (Phi) is 2.81. The first-order chi connectivity index (χ1) is 5.90. The summed E-state index contributed by atoms with van der Waals surface area (Å²) in [5.74, 6) is 0. The zero-order valence-corrected chi connectivity index (χ0v) is 9.49. The van der Waals surface area contributed by atoms with Gasteiger partial charge in [0, 0.05) is 5.56 Å². The van der Waals surface area contributed by atoms with Gasteiger partial charge >= 0.3 is 0 Å². The first-order valence-corrected chi connectivity index (χ1v) is 5.20. The molecule has 72 valence electrons. The summed E-state index contributed by atoms with van der Waals surface area (Å²) >= 11 is 1.62. The number of thiophene rings is 1. The molecule has 0 fully saturated rings. The number of hydrogen-bond donors (Lipinski definition) is 0. The topological polar surface area (TPSA) is 9.23 Å². The van der Waals surface area contributed by atoms with Crippen LogP contribution in [0.25, 0.3) is 5.57 Å². The molecule has 13 heavy (non-hydrogen) atoms. The van der Waals surface area contributed by atoms with Crippen molar-refractivity contribution in [3.63, 3.8) is 0 Å². The predicted octanol–water partition coefficient (Wildman–Crippen LogP) is 3.96. The molecule has 0 unspecified atom stereocenters. The molecular weight excluding hydrogens is 180 g/mol. The number of rotatable bonds is 2. The average molecular weight is 196 g/mol. The van der Waals surface area contributed by atoms with Gasteiger partial charge < -0.3 is 4.74 Å². The van der Waals surface area contributed by atoms with Crippen LogP contribution in [0.1, 0.15) is 33.3 Å². The molecule has 2 heteroatoms. The van der Waals surface area contributed by atoms with E-state index in [2.05, 4.69) is 27.4 Å². The van der Waals surface area contributed by atoms with Gasteiger partial charge in [0.25, 0.3) is 0 Å². The lowest BCUT2D eigenvalue weighted by Gasteiger charge is -2.20. The first-order valence-electron chi connectivity index (χ1n) is 4.32. The second-order valence-corrected chi connectivity index (χ2v) is 5.00. The molecule has 0 aliphatic rings. The van der Waals surface area contributed by atoms with Crippen molar-refractivity contribution in [1.82, 2.24) is 0 Å². The van der Waals surface area contributed by atoms with Gasteiger partial charge in [-0.05, 0) is 44.7 Å². The summed E-state index contributed by atoms with van der Waals surface area (Å²) in [5.41, 5.74) is 2.05. The zero-order valence-electron chi connectivity index (χ0n) is 8.68. The van der Waals surface area contributed by atoms with Gasteiger partial charge in [0.15, 0.2) is 5.06 Å². The van der Waals surface area contributed by atoms with E-state index in [4.69, 9.17) is 4.74 Å². The maximum absolute atomic E-state index is 5.79. The van der Waals surface area contributed by atoms with E-state index in [1.54, 1.807) is 11.3 Å². The van der Waals surface area contributed by atoms with Crippen LogP contribution in [0, 0.1) is 0 Å². The Labute approximate surface area is 84.1 Å². The van der Waals surface area contributed by atoms with Gasteiger partial charge in [-0.2, -0.15) is 0 Å². The number of hydrogen-bond acceptors (Lipinski definition) is 2. The molecule has 1 heterocycles. The third-order valence-corrected chi connectivity index (χ3v) is 2.28. The minimum absolute atomic E-state index is 0.130. The molecule has 0 amide bonds. The summed E-state index contributed by atoms with van der Waals surface area (Å²) < 4.78 is 5.79. The van der Waals surface area contributed by atoms with Crippen LogP contribution < -0.4 is 4.74 Å². The van der Waals surface area contributed by atoms with Crippen LogP contribution in [0.3, 0.4) is 0 Å². The van der Waals surface area contributed by atoms with Crippen LogP contribution in [0.5, 0.6) is 5.06 Å². The predicted molar refractivity (Wildman–Crippen MR) is 59.4 cm³/mol. The molecule has 0 atom stereocenters. The molecule has 1 rings (SSSR count). The summed E-state index contributed by atoms with van der Waals surface area (Å²) in [5, 5.41) is 3.01. The highest BCUT2D eigenvalue weighted by Gasteiger charge is 2.15. The Morgan fingerprint density at radius 2 is 2.08 bits per heavy atom. The van der Waals surface area contributed by atoms with Crippen molar-refractivity contribution in [2.45, 2.75) is 33.3 Å². The fourth-order valence-electron chi connectivity index (χ4n) is 0.969. The first kappa shape index (κ1) is 10.3. The van der Waals surface area contributed by atoms with Crippen LogP contribution in [-0.4, -0.2) is 5.60 Å². The summed E-state index contributed by atoms with van der Waals surface area (Å²) in [6.07, 6.45) is 0. The smallest absolute Gasteiger partial charge is 0.182 e. The van der Waals surface area contributed by atoms with Crippen LogP contribution in [-0.2, 0) is 0 Å². The zero-order chi connectivity index (χ0) is 10.1. The molecule has 0 saturated heterocycles. The van der Waals surface area contributed by atoms with E-state index in [-0.39, 0.29) is 5.60 Å². The second kappa shape index (κ2) is 3.54. The Bertz CT molecular complexity index is 304. The maximum Gasteiger partial charge on any atom is 0.182 e.